The molecule has 0 aromatic rings. The Morgan fingerprint density at radius 2 is 1.25 bits per heavy atom. The molecule has 0 bridgehead atoms. The van der Waals surface area contributed by atoms with Crippen molar-refractivity contribution in [3.63, 3.8) is 0 Å². The third-order valence-electron chi connectivity index (χ3n) is 0. The molecule has 0 amide bonds. The molecule has 0 saturated carbocycles. The van der Waals surface area contributed by atoms with Crippen LogP contribution in [0.1, 0.15) is 0 Å². The second kappa shape index (κ2) is 18.9. The van der Waals surface area contributed by atoms with Crippen LogP contribution in [0.3, 0.4) is 0 Å². The van der Waals surface area contributed by atoms with Crippen molar-refractivity contribution >= 4 is 60.7 Å². The molecule has 0 nitrogen and oxygen atoms in total. The summed E-state index contributed by atoms with van der Waals surface area (Å²) in [4.78, 5) is 0. The fourth-order valence-electron chi connectivity index (χ4n) is 0. The van der Waals surface area contributed by atoms with E-state index in [1.54, 1.807) is 0 Å². The van der Waals surface area contributed by atoms with Crippen molar-refractivity contribution < 1.29 is 0 Å². The molecule has 0 aromatic carbocycles. The summed E-state index contributed by atoms with van der Waals surface area (Å²) >= 11 is 5.59. The second-order valence-electron chi connectivity index (χ2n) is 0. The summed E-state index contributed by atoms with van der Waals surface area (Å²) in [6.45, 7) is 0. The van der Waals surface area contributed by atoms with Crippen molar-refractivity contribution in [2.24, 2.45) is 0 Å². The van der Waals surface area contributed by atoms with E-state index in [2.05, 4.69) is 29.7 Å². The molecule has 0 fully saturated rings. The number of hydrogen-bond acceptors (Lipinski definition) is 0. The zero-order chi connectivity index (χ0) is 4.00. The molecular formula is ClILi2. The molecule has 0 saturated heterocycles. The molecule has 0 spiro atoms. The van der Waals surface area contributed by atoms with Crippen molar-refractivity contribution in [1.82, 2.24) is 0 Å². The molecule has 4 heavy (non-hydrogen) atoms. The SMILES string of the molecule is [Li][Cl].[Li][I]. The van der Waals surface area contributed by atoms with Gasteiger partial charge in [-0.05, 0) is 0 Å². The second-order valence-corrected chi connectivity index (χ2v) is 0. The zero-order valence-electron chi connectivity index (χ0n) is 2.76. The van der Waals surface area contributed by atoms with Gasteiger partial charge in [0, 0.05) is 0 Å². The maximum atomic E-state index is 4.64. The first-order valence-electron chi connectivity index (χ1n) is 0.756. The molecule has 4 heteroatoms. The van der Waals surface area contributed by atoms with Crippen molar-refractivity contribution in [2.75, 3.05) is 0 Å². The average molecular weight is 176 g/mol. The minimum absolute atomic E-state index is 1.47. The van der Waals surface area contributed by atoms with E-state index in [4.69, 9.17) is 0 Å². The van der Waals surface area contributed by atoms with Gasteiger partial charge < -0.3 is 0 Å². The minimum atomic E-state index is 1.47. The van der Waals surface area contributed by atoms with Crippen molar-refractivity contribution in [3.05, 3.63) is 0 Å². The topological polar surface area (TPSA) is 0 Å². The molecule has 0 heterocycles. The Bertz CT molecular complexity index is 6.00. The Morgan fingerprint density at radius 1 is 1.25 bits per heavy atom. The Balaban J connectivity index is 0. The van der Waals surface area contributed by atoms with Crippen LogP contribution in [0.5, 0.6) is 0 Å². The Kier molecular flexibility index (Phi) is 44.9. The van der Waals surface area contributed by atoms with Gasteiger partial charge in [0.25, 0.3) is 0 Å². The van der Waals surface area contributed by atoms with E-state index in [1.165, 1.54) is 16.7 Å². The van der Waals surface area contributed by atoms with Gasteiger partial charge in [0.1, 0.15) is 0 Å². The normalized spacial score (nSPS) is 3.50. The van der Waals surface area contributed by atoms with Gasteiger partial charge in [0.05, 0.1) is 0 Å². The van der Waals surface area contributed by atoms with Crippen LogP contribution >= 0.6 is 29.7 Å². The third kappa shape index (κ3) is 8.88. The predicted molar refractivity (Wildman–Crippen MR) is 31.4 cm³/mol. The molecule has 0 aliphatic heterocycles. The standard InChI is InChI=1S/ClH.HI.2Li/h2*1H;;/q;;2*+1/p-2. The van der Waals surface area contributed by atoms with Gasteiger partial charge in [0.2, 0.25) is 0 Å². The molecule has 0 unspecified atom stereocenters. The van der Waals surface area contributed by atoms with Gasteiger partial charge in [-0.25, -0.2) is 0 Å². The van der Waals surface area contributed by atoms with Crippen molar-refractivity contribution in [2.45, 2.75) is 0 Å². The van der Waals surface area contributed by atoms with E-state index in [0.717, 1.165) is 0 Å². The van der Waals surface area contributed by atoms with E-state index < -0.39 is 0 Å². The first kappa shape index (κ1) is 9.51. The van der Waals surface area contributed by atoms with Crippen LogP contribution in [-0.2, 0) is 0 Å². The van der Waals surface area contributed by atoms with Gasteiger partial charge in [-0.1, -0.05) is 0 Å². The Morgan fingerprint density at radius 3 is 1.25 bits per heavy atom. The van der Waals surface area contributed by atoms with Crippen LogP contribution in [0.4, 0.5) is 0 Å². The quantitative estimate of drug-likeness (QED) is 0.378. The van der Waals surface area contributed by atoms with Gasteiger partial charge in [-0.3, -0.25) is 0 Å². The van der Waals surface area contributed by atoms with Gasteiger partial charge >= 0.3 is 60.7 Å². The number of rotatable bonds is 0. The maximum absolute atomic E-state index is 4.64. The fraction of sp³-hybridized carbons (Fsp3) is 0. The average Bonchev–Trinajstić information content (AvgIpc) is 1.50. The van der Waals surface area contributed by atoms with Crippen LogP contribution in [-0.4, -0.2) is 31.0 Å². The Labute approximate surface area is 59.9 Å². The summed E-state index contributed by atoms with van der Waals surface area (Å²) in [6.07, 6.45) is 0. The molecule has 0 rings (SSSR count). The first-order valence-corrected chi connectivity index (χ1v) is 3.67. The van der Waals surface area contributed by atoms with E-state index in [0.29, 0.717) is 0 Å². The van der Waals surface area contributed by atoms with Crippen LogP contribution in [0.25, 0.3) is 0 Å². The van der Waals surface area contributed by atoms with Crippen molar-refractivity contribution in [1.29, 1.82) is 0 Å². The van der Waals surface area contributed by atoms with E-state index in [1.807, 2.05) is 14.3 Å². The summed E-state index contributed by atoms with van der Waals surface area (Å²) in [5.41, 5.74) is 0. The van der Waals surface area contributed by atoms with Crippen LogP contribution < -0.4 is 0 Å². The molecule has 16 valence electrons. The van der Waals surface area contributed by atoms with E-state index >= 15 is 0 Å². The van der Waals surface area contributed by atoms with E-state index in [9.17, 15) is 0 Å². The van der Waals surface area contributed by atoms with Crippen LogP contribution in [0.2, 0.25) is 0 Å². The van der Waals surface area contributed by atoms with Gasteiger partial charge in [0.15, 0.2) is 0 Å². The summed E-state index contributed by atoms with van der Waals surface area (Å²) in [5, 5.41) is 0. The van der Waals surface area contributed by atoms with Gasteiger partial charge in [-0.15, -0.1) is 0 Å². The van der Waals surface area contributed by atoms with Crippen LogP contribution in [0, 0.1) is 0 Å². The molecule has 0 N–H and O–H groups in total. The molecule has 0 atom stereocenters. The molecule has 0 radical (unpaired) electrons. The monoisotopic (exact) mass is 176 g/mol. The van der Waals surface area contributed by atoms with Crippen LogP contribution in [0.15, 0.2) is 0 Å². The number of halogens is 2. The summed E-state index contributed by atoms with van der Waals surface area (Å²) in [5.74, 6) is 0. The first-order chi connectivity index (χ1) is 2.00. The summed E-state index contributed by atoms with van der Waals surface area (Å²) < 4.78 is 0. The molecular weight excluding hydrogens is 176 g/mol. The van der Waals surface area contributed by atoms with E-state index in [-0.39, 0.29) is 0 Å². The molecule has 0 aromatic heterocycles. The summed E-state index contributed by atoms with van der Waals surface area (Å²) in [6, 6.07) is 0. The third-order valence-corrected chi connectivity index (χ3v) is 0. The molecule has 0 aliphatic rings. The molecule has 0 aliphatic carbocycles. The van der Waals surface area contributed by atoms with Crippen molar-refractivity contribution in [3.8, 4) is 0 Å². The fourth-order valence-corrected chi connectivity index (χ4v) is 0. The summed E-state index contributed by atoms with van der Waals surface area (Å²) in [7, 11) is 4.64. The Hall–Kier alpha value is 2.21. The number of hydrogen-bond donors (Lipinski definition) is 0. The zero-order valence-corrected chi connectivity index (χ0v) is 5.67. The van der Waals surface area contributed by atoms with Gasteiger partial charge in [-0.2, -0.15) is 0 Å². The predicted octanol–water partition coefficient (Wildman–Crippen LogP) is 0.814.